The molecule has 1 fully saturated rings. The van der Waals surface area contributed by atoms with Gasteiger partial charge in [-0.1, -0.05) is 0 Å². The third-order valence-corrected chi connectivity index (χ3v) is 4.31. The van der Waals surface area contributed by atoms with E-state index < -0.39 is 0 Å². The molecule has 1 saturated carbocycles. The van der Waals surface area contributed by atoms with E-state index in [1.54, 1.807) is 21.3 Å². The third kappa shape index (κ3) is 1.95. The van der Waals surface area contributed by atoms with Crippen molar-refractivity contribution in [2.24, 2.45) is 5.73 Å². The average Bonchev–Trinajstić information content (AvgIpc) is 3.18. The Labute approximate surface area is 116 Å². The van der Waals surface area contributed by atoms with Gasteiger partial charge in [-0.25, -0.2) is 0 Å². The fraction of sp³-hybridized carbons (Fsp3) is 0.538. The van der Waals surface area contributed by atoms with Crippen molar-refractivity contribution in [2.45, 2.75) is 18.3 Å². The van der Waals surface area contributed by atoms with Crippen LogP contribution in [-0.2, 0) is 5.41 Å². The van der Waals surface area contributed by atoms with Crippen LogP contribution < -0.4 is 19.9 Å². The van der Waals surface area contributed by atoms with Gasteiger partial charge in [0.25, 0.3) is 0 Å². The summed E-state index contributed by atoms with van der Waals surface area (Å²) in [5.74, 6) is 2.13. The Kier molecular flexibility index (Phi) is 3.73. The minimum absolute atomic E-state index is 0.0351. The Bertz CT molecular complexity index is 458. The maximum atomic E-state index is 5.89. The number of hydrogen-bond donors (Lipinski definition) is 1. The van der Waals surface area contributed by atoms with Gasteiger partial charge in [0.05, 0.1) is 21.3 Å². The van der Waals surface area contributed by atoms with E-state index >= 15 is 0 Å². The number of nitrogens with two attached hydrogens (primary N) is 1. The van der Waals surface area contributed by atoms with Crippen molar-refractivity contribution in [3.63, 3.8) is 0 Å². The zero-order valence-corrected chi connectivity index (χ0v) is 12.5. The summed E-state index contributed by atoms with van der Waals surface area (Å²) in [4.78, 5) is 0. The Hall–Kier alpha value is -0.940. The maximum Gasteiger partial charge on any atom is 0.178 e. The van der Waals surface area contributed by atoms with Gasteiger partial charge in [-0.2, -0.15) is 0 Å². The van der Waals surface area contributed by atoms with Crippen LogP contribution in [0.2, 0.25) is 0 Å². The van der Waals surface area contributed by atoms with E-state index in [1.165, 1.54) is 0 Å². The standard InChI is InChI=1S/C13H18BrNO3/c1-16-9-6-8(13(7-15)4-5-13)11(17-2)10(14)12(9)18-3/h6H,4-5,7,15H2,1-3H3. The molecule has 0 saturated heterocycles. The fourth-order valence-corrected chi connectivity index (χ4v) is 2.99. The first-order chi connectivity index (χ1) is 8.63. The summed E-state index contributed by atoms with van der Waals surface area (Å²) in [5.41, 5.74) is 7.02. The lowest BCUT2D eigenvalue weighted by Gasteiger charge is -2.21. The molecule has 5 heteroatoms. The molecule has 100 valence electrons. The van der Waals surface area contributed by atoms with E-state index in [9.17, 15) is 0 Å². The fourth-order valence-electron chi connectivity index (χ4n) is 2.26. The van der Waals surface area contributed by atoms with E-state index in [1.807, 2.05) is 6.07 Å². The molecule has 0 aromatic heterocycles. The van der Waals surface area contributed by atoms with E-state index in [4.69, 9.17) is 19.9 Å². The smallest absolute Gasteiger partial charge is 0.178 e. The summed E-state index contributed by atoms with van der Waals surface area (Å²) in [6.45, 7) is 0.616. The third-order valence-electron chi connectivity index (χ3n) is 3.59. The molecule has 0 unspecified atom stereocenters. The van der Waals surface area contributed by atoms with Crippen LogP contribution in [0.5, 0.6) is 17.2 Å². The minimum Gasteiger partial charge on any atom is -0.495 e. The van der Waals surface area contributed by atoms with Crippen LogP contribution in [0.1, 0.15) is 18.4 Å². The number of ether oxygens (including phenoxy) is 3. The van der Waals surface area contributed by atoms with Crippen molar-refractivity contribution < 1.29 is 14.2 Å². The molecule has 0 spiro atoms. The largest absolute Gasteiger partial charge is 0.495 e. The van der Waals surface area contributed by atoms with Crippen LogP contribution in [0, 0.1) is 0 Å². The lowest BCUT2D eigenvalue weighted by atomic mass is 9.94. The van der Waals surface area contributed by atoms with Gasteiger partial charge in [0.2, 0.25) is 0 Å². The number of hydrogen-bond acceptors (Lipinski definition) is 4. The van der Waals surface area contributed by atoms with Gasteiger partial charge in [-0.05, 0) is 34.8 Å². The van der Waals surface area contributed by atoms with E-state index in [0.717, 1.165) is 28.6 Å². The molecule has 0 radical (unpaired) electrons. The summed E-state index contributed by atoms with van der Waals surface area (Å²) >= 11 is 3.52. The Morgan fingerprint density at radius 1 is 1.17 bits per heavy atom. The van der Waals surface area contributed by atoms with E-state index in [2.05, 4.69) is 15.9 Å². The number of halogens is 1. The van der Waals surface area contributed by atoms with Crippen LogP contribution in [0.3, 0.4) is 0 Å². The molecule has 2 rings (SSSR count). The molecule has 1 aliphatic rings. The molecule has 1 aromatic carbocycles. The monoisotopic (exact) mass is 315 g/mol. The van der Waals surface area contributed by atoms with Crippen LogP contribution in [-0.4, -0.2) is 27.9 Å². The van der Waals surface area contributed by atoms with Crippen molar-refractivity contribution in [2.75, 3.05) is 27.9 Å². The first-order valence-electron chi connectivity index (χ1n) is 5.82. The molecule has 0 bridgehead atoms. The van der Waals surface area contributed by atoms with Gasteiger partial charge in [0.15, 0.2) is 11.5 Å². The van der Waals surface area contributed by atoms with Gasteiger partial charge in [-0.3, -0.25) is 0 Å². The molecule has 4 nitrogen and oxygen atoms in total. The summed E-state index contributed by atoms with van der Waals surface area (Å²) in [7, 11) is 4.89. The summed E-state index contributed by atoms with van der Waals surface area (Å²) in [6, 6.07) is 1.97. The zero-order chi connectivity index (χ0) is 13.3. The first kappa shape index (κ1) is 13.5. The van der Waals surface area contributed by atoms with Gasteiger partial charge in [0, 0.05) is 17.5 Å². The van der Waals surface area contributed by atoms with Gasteiger partial charge in [0.1, 0.15) is 10.2 Å². The first-order valence-corrected chi connectivity index (χ1v) is 6.62. The topological polar surface area (TPSA) is 53.7 Å². The van der Waals surface area contributed by atoms with Crippen LogP contribution in [0.15, 0.2) is 10.5 Å². The highest BCUT2D eigenvalue weighted by Gasteiger charge is 2.46. The molecular formula is C13H18BrNO3. The summed E-state index contributed by atoms with van der Waals surface area (Å²) in [5, 5.41) is 0. The maximum absolute atomic E-state index is 5.89. The molecule has 2 N–H and O–H groups in total. The van der Waals surface area contributed by atoms with E-state index in [0.29, 0.717) is 18.0 Å². The SMILES string of the molecule is COc1cc(C2(CN)CC2)c(OC)c(Br)c1OC. The van der Waals surface area contributed by atoms with Crippen LogP contribution in [0.4, 0.5) is 0 Å². The summed E-state index contributed by atoms with van der Waals surface area (Å²) < 4.78 is 17.0. The van der Waals surface area contributed by atoms with Gasteiger partial charge < -0.3 is 19.9 Å². The second-order valence-corrected chi connectivity index (χ2v) is 5.28. The summed E-state index contributed by atoms with van der Waals surface area (Å²) in [6.07, 6.45) is 2.17. The normalized spacial score (nSPS) is 16.3. The van der Waals surface area contributed by atoms with Crippen molar-refractivity contribution >= 4 is 15.9 Å². The predicted molar refractivity (Wildman–Crippen MR) is 73.8 cm³/mol. The minimum atomic E-state index is 0.0351. The molecule has 18 heavy (non-hydrogen) atoms. The molecule has 0 heterocycles. The average molecular weight is 316 g/mol. The number of methoxy groups -OCH3 is 3. The number of benzene rings is 1. The lowest BCUT2D eigenvalue weighted by Crippen LogP contribution is -2.21. The molecule has 0 atom stereocenters. The quantitative estimate of drug-likeness (QED) is 0.907. The second-order valence-electron chi connectivity index (χ2n) is 4.49. The van der Waals surface area contributed by atoms with Crippen molar-refractivity contribution in [1.29, 1.82) is 0 Å². The lowest BCUT2D eigenvalue weighted by molar-refractivity contribution is 0.343. The highest BCUT2D eigenvalue weighted by molar-refractivity contribution is 9.10. The molecule has 0 aliphatic heterocycles. The zero-order valence-electron chi connectivity index (χ0n) is 10.9. The Balaban J connectivity index is 2.62. The van der Waals surface area contributed by atoms with Crippen LogP contribution >= 0.6 is 15.9 Å². The highest BCUT2D eigenvalue weighted by atomic mass is 79.9. The van der Waals surface area contributed by atoms with Crippen molar-refractivity contribution in [1.82, 2.24) is 0 Å². The predicted octanol–water partition coefficient (Wildman–Crippen LogP) is 2.47. The van der Waals surface area contributed by atoms with Crippen molar-refractivity contribution in [3.05, 3.63) is 16.1 Å². The molecule has 1 aliphatic carbocycles. The van der Waals surface area contributed by atoms with E-state index in [-0.39, 0.29) is 5.41 Å². The van der Waals surface area contributed by atoms with Crippen LogP contribution in [0.25, 0.3) is 0 Å². The van der Waals surface area contributed by atoms with Gasteiger partial charge >= 0.3 is 0 Å². The highest BCUT2D eigenvalue weighted by Crippen LogP contribution is 2.55. The Morgan fingerprint density at radius 2 is 1.78 bits per heavy atom. The Morgan fingerprint density at radius 3 is 2.17 bits per heavy atom. The molecule has 1 aromatic rings. The number of rotatable bonds is 5. The van der Waals surface area contributed by atoms with Crippen molar-refractivity contribution in [3.8, 4) is 17.2 Å². The molecule has 0 amide bonds. The molecular weight excluding hydrogens is 298 g/mol. The second kappa shape index (κ2) is 4.97. The van der Waals surface area contributed by atoms with Gasteiger partial charge in [-0.15, -0.1) is 0 Å².